The number of halogens is 1. The van der Waals surface area contributed by atoms with Crippen molar-refractivity contribution in [2.75, 3.05) is 5.06 Å². The van der Waals surface area contributed by atoms with Crippen LogP contribution in [0.25, 0.3) is 0 Å². The van der Waals surface area contributed by atoms with Crippen molar-refractivity contribution in [1.82, 2.24) is 0 Å². The molecule has 0 saturated carbocycles. The van der Waals surface area contributed by atoms with Gasteiger partial charge in [0.15, 0.2) is 0 Å². The number of carbonyl (C=O) groups is 1. The van der Waals surface area contributed by atoms with Crippen LogP contribution in [0.1, 0.15) is 12.0 Å². The Balaban J connectivity index is 2.49. The minimum Gasteiger partial charge on any atom is -0.281 e. The Hall–Kier alpha value is -1.06. The maximum absolute atomic E-state index is 11.1. The Labute approximate surface area is 80.5 Å². The van der Waals surface area contributed by atoms with Gasteiger partial charge in [0, 0.05) is 11.4 Å². The normalized spacial score (nSPS) is 15.8. The van der Waals surface area contributed by atoms with Crippen molar-refractivity contribution in [2.24, 2.45) is 0 Å². The molecule has 1 aliphatic heterocycles. The van der Waals surface area contributed by atoms with Gasteiger partial charge in [-0.2, -0.15) is 5.06 Å². The molecule has 68 valence electrons. The van der Waals surface area contributed by atoms with E-state index < -0.39 is 0 Å². The van der Waals surface area contributed by atoms with Crippen molar-refractivity contribution in [3.05, 3.63) is 28.8 Å². The highest BCUT2D eigenvalue weighted by Gasteiger charge is 2.22. The zero-order chi connectivity index (χ0) is 9.42. The van der Waals surface area contributed by atoms with Crippen molar-refractivity contribution in [1.29, 1.82) is 0 Å². The van der Waals surface area contributed by atoms with Crippen molar-refractivity contribution >= 4 is 23.2 Å². The van der Waals surface area contributed by atoms with Gasteiger partial charge in [-0.25, -0.2) is 0 Å². The smallest absolute Gasteiger partial charge is 0.251 e. The fourth-order valence-electron chi connectivity index (χ4n) is 1.44. The Morgan fingerprint density at radius 3 is 2.92 bits per heavy atom. The summed E-state index contributed by atoms with van der Waals surface area (Å²) in [6.45, 7) is 0. The van der Waals surface area contributed by atoms with E-state index >= 15 is 0 Å². The Morgan fingerprint density at radius 1 is 1.38 bits per heavy atom. The van der Waals surface area contributed by atoms with Gasteiger partial charge in [-0.05, 0) is 30.2 Å². The van der Waals surface area contributed by atoms with E-state index in [4.69, 9.17) is 11.6 Å². The summed E-state index contributed by atoms with van der Waals surface area (Å²) in [5.74, 6) is -0.269. The van der Waals surface area contributed by atoms with Crippen LogP contribution in [-0.2, 0) is 11.2 Å². The highest BCUT2D eigenvalue weighted by atomic mass is 35.5. The van der Waals surface area contributed by atoms with Crippen molar-refractivity contribution < 1.29 is 10.0 Å². The van der Waals surface area contributed by atoms with Gasteiger partial charge in [-0.3, -0.25) is 10.0 Å². The number of amides is 1. The summed E-state index contributed by atoms with van der Waals surface area (Å²) < 4.78 is 0. The predicted octanol–water partition coefficient (Wildman–Crippen LogP) is 2.01. The molecule has 3 nitrogen and oxygen atoms in total. The fraction of sp³-hybridized carbons (Fsp3) is 0.222. The minimum atomic E-state index is -0.269. The lowest BCUT2D eigenvalue weighted by Gasteiger charge is -2.23. The second kappa shape index (κ2) is 3.01. The molecular formula is C9H8ClNO2. The van der Waals surface area contributed by atoms with Crippen LogP contribution in [0.4, 0.5) is 5.69 Å². The second-order valence-corrected chi connectivity index (χ2v) is 3.42. The highest BCUT2D eigenvalue weighted by molar-refractivity contribution is 6.30. The summed E-state index contributed by atoms with van der Waals surface area (Å²) in [5, 5.41) is 10.7. The molecule has 1 aromatic carbocycles. The van der Waals surface area contributed by atoms with E-state index in [0.717, 1.165) is 5.56 Å². The third kappa shape index (κ3) is 1.41. The van der Waals surface area contributed by atoms with Crippen LogP contribution in [-0.4, -0.2) is 11.1 Å². The molecule has 0 aliphatic carbocycles. The van der Waals surface area contributed by atoms with Gasteiger partial charge >= 0.3 is 0 Å². The standard InChI is InChI=1S/C9H8ClNO2/c10-7-2-3-8-6(5-7)1-4-9(12)11(8)13/h2-3,5,13H,1,4H2. The number of nitrogens with zero attached hydrogens (tertiary/aromatic N) is 1. The largest absolute Gasteiger partial charge is 0.281 e. The molecule has 1 aromatic rings. The molecular weight excluding hydrogens is 190 g/mol. The van der Waals surface area contributed by atoms with Crippen LogP contribution < -0.4 is 5.06 Å². The maximum Gasteiger partial charge on any atom is 0.251 e. The van der Waals surface area contributed by atoms with Gasteiger partial charge in [0.2, 0.25) is 0 Å². The molecule has 1 amide bonds. The van der Waals surface area contributed by atoms with Crippen LogP contribution in [0.5, 0.6) is 0 Å². The van der Waals surface area contributed by atoms with E-state index in [1.165, 1.54) is 0 Å². The molecule has 2 rings (SSSR count). The Bertz CT molecular complexity index is 365. The van der Waals surface area contributed by atoms with Crippen molar-refractivity contribution in [2.45, 2.75) is 12.8 Å². The topological polar surface area (TPSA) is 40.5 Å². The van der Waals surface area contributed by atoms with E-state index in [2.05, 4.69) is 0 Å². The number of hydrogen-bond acceptors (Lipinski definition) is 2. The molecule has 0 unspecified atom stereocenters. The summed E-state index contributed by atoms with van der Waals surface area (Å²) in [6.07, 6.45) is 0.982. The average Bonchev–Trinajstić information content (AvgIpc) is 2.12. The zero-order valence-electron chi connectivity index (χ0n) is 6.83. The molecule has 0 bridgehead atoms. The highest BCUT2D eigenvalue weighted by Crippen LogP contribution is 2.28. The molecule has 1 N–H and O–H groups in total. The summed E-state index contributed by atoms with van der Waals surface area (Å²) in [4.78, 5) is 11.1. The number of anilines is 1. The molecule has 0 aromatic heterocycles. The first-order valence-corrected chi connectivity index (χ1v) is 4.36. The van der Waals surface area contributed by atoms with E-state index in [1.807, 2.05) is 0 Å². The van der Waals surface area contributed by atoms with Gasteiger partial charge in [-0.15, -0.1) is 0 Å². The number of fused-ring (bicyclic) bond motifs is 1. The minimum absolute atomic E-state index is 0.269. The van der Waals surface area contributed by atoms with Crippen LogP contribution in [0.15, 0.2) is 18.2 Å². The number of carbonyl (C=O) groups excluding carboxylic acids is 1. The average molecular weight is 198 g/mol. The van der Waals surface area contributed by atoms with Crippen molar-refractivity contribution in [3.8, 4) is 0 Å². The summed E-state index contributed by atoms with van der Waals surface area (Å²) in [5.41, 5.74) is 1.45. The van der Waals surface area contributed by atoms with E-state index in [0.29, 0.717) is 28.6 Å². The second-order valence-electron chi connectivity index (χ2n) is 2.98. The number of rotatable bonds is 0. The fourth-order valence-corrected chi connectivity index (χ4v) is 1.64. The lowest BCUT2D eigenvalue weighted by Crippen LogP contribution is -2.31. The number of hydroxylamine groups is 1. The lowest BCUT2D eigenvalue weighted by atomic mass is 10.0. The molecule has 0 fully saturated rings. The Morgan fingerprint density at radius 2 is 2.15 bits per heavy atom. The third-order valence-corrected chi connectivity index (χ3v) is 2.35. The van der Waals surface area contributed by atoms with Crippen molar-refractivity contribution in [3.63, 3.8) is 0 Å². The van der Waals surface area contributed by atoms with E-state index in [-0.39, 0.29) is 5.91 Å². The zero-order valence-corrected chi connectivity index (χ0v) is 7.58. The molecule has 1 aliphatic rings. The van der Waals surface area contributed by atoms with Gasteiger partial charge < -0.3 is 0 Å². The third-order valence-electron chi connectivity index (χ3n) is 2.11. The summed E-state index contributed by atoms with van der Waals surface area (Å²) in [7, 11) is 0. The Kier molecular flexibility index (Phi) is 1.98. The number of aryl methyl sites for hydroxylation is 1. The van der Waals surface area contributed by atoms with E-state index in [9.17, 15) is 10.0 Å². The van der Waals surface area contributed by atoms with Crippen LogP contribution >= 0.6 is 11.6 Å². The first-order chi connectivity index (χ1) is 6.18. The molecule has 4 heteroatoms. The quantitative estimate of drug-likeness (QED) is 0.647. The van der Waals surface area contributed by atoms with Gasteiger partial charge in [0.1, 0.15) is 0 Å². The van der Waals surface area contributed by atoms with E-state index in [1.54, 1.807) is 18.2 Å². The van der Waals surface area contributed by atoms with Gasteiger partial charge in [0.05, 0.1) is 5.69 Å². The molecule has 0 spiro atoms. The van der Waals surface area contributed by atoms with Crippen LogP contribution in [0, 0.1) is 0 Å². The van der Waals surface area contributed by atoms with Crippen LogP contribution in [0.2, 0.25) is 5.02 Å². The first kappa shape index (κ1) is 8.53. The van der Waals surface area contributed by atoms with Gasteiger partial charge in [-0.1, -0.05) is 11.6 Å². The summed E-state index contributed by atoms with van der Waals surface area (Å²) in [6, 6.07) is 5.07. The predicted molar refractivity (Wildman–Crippen MR) is 49.0 cm³/mol. The molecule has 0 radical (unpaired) electrons. The SMILES string of the molecule is O=C1CCc2cc(Cl)ccc2N1O. The number of hydrogen-bond donors (Lipinski definition) is 1. The molecule has 0 saturated heterocycles. The van der Waals surface area contributed by atoms with Crippen LogP contribution in [0.3, 0.4) is 0 Å². The molecule has 13 heavy (non-hydrogen) atoms. The summed E-state index contributed by atoms with van der Waals surface area (Å²) >= 11 is 5.78. The molecule has 0 atom stereocenters. The first-order valence-electron chi connectivity index (χ1n) is 3.99. The monoisotopic (exact) mass is 197 g/mol. The lowest BCUT2D eigenvalue weighted by molar-refractivity contribution is -0.124. The molecule has 1 heterocycles. The van der Waals surface area contributed by atoms with Gasteiger partial charge in [0.25, 0.3) is 5.91 Å². The maximum atomic E-state index is 11.1. The number of benzene rings is 1.